The van der Waals surface area contributed by atoms with Gasteiger partial charge in [0.15, 0.2) is 5.65 Å². The summed E-state index contributed by atoms with van der Waals surface area (Å²) in [5, 5.41) is 0. The maximum Gasteiger partial charge on any atom is 0.256 e. The molecule has 8 heteroatoms. The van der Waals surface area contributed by atoms with E-state index in [-0.39, 0.29) is 18.4 Å². The molecule has 8 nitrogen and oxygen atoms in total. The minimum atomic E-state index is -0.515. The van der Waals surface area contributed by atoms with Crippen LogP contribution in [0, 0.1) is 0 Å². The van der Waals surface area contributed by atoms with Crippen molar-refractivity contribution in [3.05, 3.63) is 60.0 Å². The number of hydrogen-bond acceptors (Lipinski definition) is 5. The van der Waals surface area contributed by atoms with Crippen LogP contribution in [-0.4, -0.2) is 68.4 Å². The third-order valence-corrected chi connectivity index (χ3v) is 5.71. The normalized spacial score (nSPS) is 22.0. The van der Waals surface area contributed by atoms with Gasteiger partial charge in [-0.3, -0.25) is 9.59 Å². The second-order valence-corrected chi connectivity index (χ2v) is 7.64. The molecule has 5 rings (SSSR count). The van der Waals surface area contributed by atoms with Gasteiger partial charge in [-0.25, -0.2) is 9.97 Å². The van der Waals surface area contributed by atoms with Crippen molar-refractivity contribution in [3.8, 4) is 0 Å². The van der Waals surface area contributed by atoms with Crippen LogP contribution < -0.4 is 0 Å². The van der Waals surface area contributed by atoms with Gasteiger partial charge in [-0.15, -0.1) is 0 Å². The lowest BCUT2D eigenvalue weighted by Crippen LogP contribution is -2.55. The van der Waals surface area contributed by atoms with Crippen LogP contribution in [0.2, 0.25) is 0 Å². The Morgan fingerprint density at radius 1 is 1.17 bits per heavy atom. The van der Waals surface area contributed by atoms with Gasteiger partial charge in [-0.05, 0) is 18.1 Å². The van der Waals surface area contributed by atoms with E-state index in [9.17, 15) is 9.59 Å². The van der Waals surface area contributed by atoms with Gasteiger partial charge in [0.2, 0.25) is 5.91 Å². The first kappa shape index (κ1) is 17.8. The van der Waals surface area contributed by atoms with Crippen molar-refractivity contribution in [1.29, 1.82) is 0 Å². The van der Waals surface area contributed by atoms with Crippen LogP contribution >= 0.6 is 0 Å². The molecule has 29 heavy (non-hydrogen) atoms. The Balaban J connectivity index is 1.33. The van der Waals surface area contributed by atoms with Crippen LogP contribution in [0.15, 0.2) is 48.9 Å². The van der Waals surface area contributed by atoms with E-state index >= 15 is 0 Å². The van der Waals surface area contributed by atoms with Gasteiger partial charge in [-0.2, -0.15) is 0 Å². The molecule has 1 spiro atoms. The standard InChI is InChI=1S/C21H21N5O3/c27-17-11-29-21(13-26(17)10-15-4-2-1-3-5-15)7-9-25(12-21)20(28)16-6-8-22-19-18(16)23-14-24-19/h1-6,8,14H,7,9-13H2,(H,22,23,24). The van der Waals surface area contributed by atoms with Crippen LogP contribution in [0.3, 0.4) is 0 Å². The van der Waals surface area contributed by atoms with Crippen LogP contribution in [0.25, 0.3) is 11.2 Å². The average molecular weight is 391 g/mol. The zero-order valence-corrected chi connectivity index (χ0v) is 15.9. The largest absolute Gasteiger partial charge is 0.361 e. The summed E-state index contributed by atoms with van der Waals surface area (Å²) in [6.45, 7) is 2.14. The molecule has 1 unspecified atom stereocenters. The number of fused-ring (bicyclic) bond motifs is 1. The van der Waals surface area contributed by atoms with Gasteiger partial charge in [0.25, 0.3) is 5.91 Å². The summed E-state index contributed by atoms with van der Waals surface area (Å²) in [6, 6.07) is 11.6. The molecule has 1 aromatic carbocycles. The van der Waals surface area contributed by atoms with E-state index in [0.29, 0.717) is 49.3 Å². The van der Waals surface area contributed by atoms with E-state index in [1.54, 1.807) is 17.2 Å². The Bertz CT molecular complexity index is 1070. The number of nitrogens with one attached hydrogen (secondary N) is 1. The minimum Gasteiger partial charge on any atom is -0.361 e. The number of pyridine rings is 1. The number of amides is 2. The van der Waals surface area contributed by atoms with Gasteiger partial charge < -0.3 is 19.5 Å². The first-order valence-electron chi connectivity index (χ1n) is 9.67. The number of imidazole rings is 1. The quantitative estimate of drug-likeness (QED) is 0.732. The number of morpholine rings is 1. The fourth-order valence-corrected chi connectivity index (χ4v) is 4.20. The molecule has 0 radical (unpaired) electrons. The van der Waals surface area contributed by atoms with Crippen LogP contribution in [0.5, 0.6) is 0 Å². The first-order chi connectivity index (χ1) is 14.1. The second kappa shape index (κ2) is 6.97. The van der Waals surface area contributed by atoms with E-state index in [2.05, 4.69) is 15.0 Å². The monoisotopic (exact) mass is 391 g/mol. The van der Waals surface area contributed by atoms with Crippen molar-refractivity contribution in [2.24, 2.45) is 0 Å². The Morgan fingerprint density at radius 2 is 2.03 bits per heavy atom. The van der Waals surface area contributed by atoms with Gasteiger partial charge in [-0.1, -0.05) is 30.3 Å². The number of carbonyl (C=O) groups excluding carboxylic acids is 2. The molecule has 1 atom stereocenters. The van der Waals surface area contributed by atoms with Crippen molar-refractivity contribution in [2.45, 2.75) is 18.6 Å². The zero-order valence-electron chi connectivity index (χ0n) is 15.9. The molecule has 2 amide bonds. The second-order valence-electron chi connectivity index (χ2n) is 7.64. The van der Waals surface area contributed by atoms with Crippen molar-refractivity contribution >= 4 is 23.0 Å². The summed E-state index contributed by atoms with van der Waals surface area (Å²) in [6.07, 6.45) is 3.84. The SMILES string of the molecule is O=C1COC2(CCN(C(=O)c3ccnc4nc[nH]c34)C2)CN1Cc1ccccc1. The molecule has 2 aliphatic heterocycles. The maximum atomic E-state index is 13.1. The van der Waals surface area contributed by atoms with Crippen LogP contribution in [0.4, 0.5) is 0 Å². The lowest BCUT2D eigenvalue weighted by molar-refractivity contribution is -0.162. The lowest BCUT2D eigenvalue weighted by atomic mass is 10.00. The summed E-state index contributed by atoms with van der Waals surface area (Å²) in [4.78, 5) is 40.5. The highest BCUT2D eigenvalue weighted by Crippen LogP contribution is 2.31. The topological polar surface area (TPSA) is 91.4 Å². The smallest absolute Gasteiger partial charge is 0.256 e. The molecule has 4 heterocycles. The number of rotatable bonds is 3. The van der Waals surface area contributed by atoms with Crippen LogP contribution in [-0.2, 0) is 16.1 Å². The van der Waals surface area contributed by atoms with Crippen LogP contribution in [0.1, 0.15) is 22.3 Å². The van der Waals surface area contributed by atoms with E-state index in [1.165, 1.54) is 6.33 Å². The molecule has 2 fully saturated rings. The molecule has 148 valence electrons. The third kappa shape index (κ3) is 3.25. The number of hydrogen-bond donors (Lipinski definition) is 1. The fraction of sp³-hybridized carbons (Fsp3) is 0.333. The summed E-state index contributed by atoms with van der Waals surface area (Å²) >= 11 is 0. The number of ether oxygens (including phenoxy) is 1. The van der Waals surface area contributed by atoms with Crippen molar-refractivity contribution < 1.29 is 14.3 Å². The van der Waals surface area contributed by atoms with E-state index < -0.39 is 5.60 Å². The van der Waals surface area contributed by atoms with E-state index in [1.807, 2.05) is 35.2 Å². The highest BCUT2D eigenvalue weighted by Gasteiger charge is 2.46. The summed E-state index contributed by atoms with van der Waals surface area (Å²) < 4.78 is 5.98. The Labute approximate surface area is 167 Å². The van der Waals surface area contributed by atoms with Crippen molar-refractivity contribution in [1.82, 2.24) is 24.8 Å². The average Bonchev–Trinajstić information content (AvgIpc) is 3.38. The fourth-order valence-electron chi connectivity index (χ4n) is 4.20. The summed E-state index contributed by atoms with van der Waals surface area (Å²) in [7, 11) is 0. The van der Waals surface area contributed by atoms with E-state index in [0.717, 1.165) is 5.56 Å². The summed E-state index contributed by atoms with van der Waals surface area (Å²) in [5.41, 5.74) is 2.29. The number of benzene rings is 1. The van der Waals surface area contributed by atoms with Crippen molar-refractivity contribution in [2.75, 3.05) is 26.2 Å². The predicted molar refractivity (Wildman–Crippen MR) is 105 cm³/mol. The molecular weight excluding hydrogens is 370 g/mol. The Morgan fingerprint density at radius 3 is 2.90 bits per heavy atom. The van der Waals surface area contributed by atoms with Gasteiger partial charge in [0, 0.05) is 19.3 Å². The Kier molecular flexibility index (Phi) is 4.28. The number of likely N-dealkylation sites (tertiary alicyclic amines) is 1. The van der Waals surface area contributed by atoms with Gasteiger partial charge in [0.05, 0.1) is 30.5 Å². The molecule has 0 saturated carbocycles. The lowest BCUT2D eigenvalue weighted by Gasteiger charge is -2.40. The first-order valence-corrected chi connectivity index (χ1v) is 9.67. The predicted octanol–water partition coefficient (Wildman–Crippen LogP) is 1.60. The molecule has 3 aromatic rings. The van der Waals surface area contributed by atoms with Gasteiger partial charge in [0.1, 0.15) is 12.2 Å². The molecular formula is C21H21N5O3. The number of aromatic nitrogens is 3. The maximum absolute atomic E-state index is 13.1. The number of H-pyrrole nitrogens is 1. The molecule has 0 aliphatic carbocycles. The number of aromatic amines is 1. The molecule has 1 N–H and O–H groups in total. The van der Waals surface area contributed by atoms with Gasteiger partial charge >= 0.3 is 0 Å². The van der Waals surface area contributed by atoms with Crippen molar-refractivity contribution in [3.63, 3.8) is 0 Å². The van der Waals surface area contributed by atoms with E-state index in [4.69, 9.17) is 4.74 Å². The molecule has 2 aliphatic rings. The molecule has 0 bridgehead atoms. The number of nitrogens with zero attached hydrogens (tertiary/aromatic N) is 4. The number of carbonyl (C=O) groups is 2. The molecule has 2 saturated heterocycles. The zero-order chi connectivity index (χ0) is 19.8. The molecule has 2 aromatic heterocycles. The highest BCUT2D eigenvalue weighted by molar-refractivity contribution is 6.04. The minimum absolute atomic E-state index is 0.0162. The highest BCUT2D eigenvalue weighted by atomic mass is 16.5. The summed E-state index contributed by atoms with van der Waals surface area (Å²) in [5.74, 6) is -0.0915. The third-order valence-electron chi connectivity index (χ3n) is 5.71. The Hall–Kier alpha value is -3.26.